The first-order valence-corrected chi connectivity index (χ1v) is 8.39. The highest BCUT2D eigenvalue weighted by Crippen LogP contribution is 2.00. The van der Waals surface area contributed by atoms with E-state index in [-0.39, 0.29) is 12.8 Å². The fourth-order valence-corrected chi connectivity index (χ4v) is 1.93. The standard InChI is InChI=1S/C15H25N5O9/c1-6(15(28)29)18-14(27)9(5-21)20-13(26)8(4-11(23)24)19-12(25)7(16)2-3-10(17)22/h6-9,21H,2-5,16H2,1H3,(H2,17,22)(H,18,27)(H,19,25)(H,20,26)(H,23,24)(H,28,29). The molecule has 0 aromatic carbocycles. The molecule has 0 aliphatic heterocycles. The lowest BCUT2D eigenvalue weighted by Crippen LogP contribution is -2.58. The number of carboxylic acid groups (broad SMARTS) is 2. The fourth-order valence-electron chi connectivity index (χ4n) is 1.93. The van der Waals surface area contributed by atoms with Crippen LogP contribution in [0.15, 0.2) is 0 Å². The Kier molecular flexibility index (Phi) is 10.9. The second-order valence-electron chi connectivity index (χ2n) is 6.08. The van der Waals surface area contributed by atoms with Crippen molar-refractivity contribution in [2.75, 3.05) is 6.61 Å². The number of amides is 4. The quantitative estimate of drug-likeness (QED) is 0.142. The van der Waals surface area contributed by atoms with Gasteiger partial charge in [0.15, 0.2) is 0 Å². The number of carboxylic acids is 2. The summed E-state index contributed by atoms with van der Waals surface area (Å²) in [4.78, 5) is 68.7. The number of carbonyl (C=O) groups excluding carboxylic acids is 4. The first kappa shape index (κ1) is 25.7. The summed E-state index contributed by atoms with van der Waals surface area (Å²) >= 11 is 0. The second kappa shape index (κ2) is 12.2. The topological polar surface area (TPSA) is 251 Å². The molecule has 164 valence electrons. The number of nitrogens with one attached hydrogen (secondary N) is 3. The Hall–Kier alpha value is -3.26. The molecule has 0 rings (SSSR count). The molecule has 4 unspecified atom stereocenters. The van der Waals surface area contributed by atoms with E-state index in [1.807, 2.05) is 10.6 Å². The van der Waals surface area contributed by atoms with Crippen LogP contribution in [0, 0.1) is 0 Å². The summed E-state index contributed by atoms with van der Waals surface area (Å²) in [5.74, 6) is -6.62. The molecule has 10 N–H and O–H groups in total. The molecule has 0 fully saturated rings. The van der Waals surface area contributed by atoms with Crippen molar-refractivity contribution in [1.82, 2.24) is 16.0 Å². The molecule has 4 atom stereocenters. The zero-order valence-electron chi connectivity index (χ0n) is 15.6. The molecular formula is C15H25N5O9. The van der Waals surface area contributed by atoms with E-state index in [0.717, 1.165) is 6.92 Å². The van der Waals surface area contributed by atoms with Gasteiger partial charge >= 0.3 is 11.9 Å². The van der Waals surface area contributed by atoms with Crippen LogP contribution in [-0.4, -0.2) is 81.7 Å². The maximum atomic E-state index is 12.3. The molecule has 14 nitrogen and oxygen atoms in total. The Balaban J connectivity index is 5.10. The summed E-state index contributed by atoms with van der Waals surface area (Å²) in [7, 11) is 0. The molecule has 0 radical (unpaired) electrons. The Morgan fingerprint density at radius 1 is 0.897 bits per heavy atom. The van der Waals surface area contributed by atoms with E-state index >= 15 is 0 Å². The molecule has 29 heavy (non-hydrogen) atoms. The number of nitrogens with two attached hydrogens (primary N) is 2. The van der Waals surface area contributed by atoms with Crippen molar-refractivity contribution >= 4 is 35.6 Å². The van der Waals surface area contributed by atoms with Gasteiger partial charge in [0.1, 0.15) is 18.1 Å². The van der Waals surface area contributed by atoms with E-state index in [9.17, 15) is 33.9 Å². The van der Waals surface area contributed by atoms with Gasteiger partial charge in [-0.1, -0.05) is 0 Å². The Labute approximate surface area is 165 Å². The van der Waals surface area contributed by atoms with Gasteiger partial charge < -0.3 is 42.7 Å². The lowest BCUT2D eigenvalue weighted by atomic mass is 10.1. The SMILES string of the molecule is CC(NC(=O)C(CO)NC(=O)C(CC(=O)O)NC(=O)C(N)CCC(N)=O)C(=O)O. The lowest BCUT2D eigenvalue weighted by Gasteiger charge is -2.23. The van der Waals surface area contributed by atoms with Crippen LogP contribution in [0.2, 0.25) is 0 Å². The van der Waals surface area contributed by atoms with Crippen molar-refractivity contribution in [2.45, 2.75) is 50.4 Å². The van der Waals surface area contributed by atoms with Gasteiger partial charge in [-0.05, 0) is 13.3 Å². The van der Waals surface area contributed by atoms with Crippen LogP contribution < -0.4 is 27.4 Å². The minimum atomic E-state index is -1.65. The van der Waals surface area contributed by atoms with Gasteiger partial charge in [-0.2, -0.15) is 0 Å². The Morgan fingerprint density at radius 3 is 1.86 bits per heavy atom. The molecule has 0 bridgehead atoms. The molecule has 4 amide bonds. The number of rotatable bonds is 13. The molecule has 14 heteroatoms. The van der Waals surface area contributed by atoms with E-state index in [0.29, 0.717) is 0 Å². The molecule has 0 saturated heterocycles. The summed E-state index contributed by atoms with van der Waals surface area (Å²) in [6.45, 7) is 0.229. The number of hydrogen-bond acceptors (Lipinski definition) is 8. The highest BCUT2D eigenvalue weighted by atomic mass is 16.4. The maximum absolute atomic E-state index is 12.3. The minimum absolute atomic E-state index is 0.142. The van der Waals surface area contributed by atoms with Gasteiger partial charge in [-0.15, -0.1) is 0 Å². The van der Waals surface area contributed by atoms with Crippen LogP contribution in [-0.2, 0) is 28.8 Å². The summed E-state index contributed by atoms with van der Waals surface area (Å²) in [5.41, 5.74) is 10.5. The highest BCUT2D eigenvalue weighted by Gasteiger charge is 2.30. The van der Waals surface area contributed by atoms with Crippen molar-refractivity contribution in [3.05, 3.63) is 0 Å². The summed E-state index contributed by atoms with van der Waals surface area (Å²) in [6.07, 6.45) is -1.22. The van der Waals surface area contributed by atoms with Crippen LogP contribution in [0.4, 0.5) is 0 Å². The first-order chi connectivity index (χ1) is 13.4. The van der Waals surface area contributed by atoms with E-state index in [1.165, 1.54) is 0 Å². The van der Waals surface area contributed by atoms with Crippen LogP contribution >= 0.6 is 0 Å². The lowest BCUT2D eigenvalue weighted by molar-refractivity contribution is -0.143. The van der Waals surface area contributed by atoms with Crippen LogP contribution in [0.5, 0.6) is 0 Å². The van der Waals surface area contributed by atoms with E-state index in [4.69, 9.17) is 21.7 Å². The van der Waals surface area contributed by atoms with Gasteiger partial charge in [0, 0.05) is 6.42 Å². The molecule has 0 heterocycles. The van der Waals surface area contributed by atoms with Crippen LogP contribution in [0.3, 0.4) is 0 Å². The predicted molar refractivity (Wildman–Crippen MR) is 94.8 cm³/mol. The van der Waals surface area contributed by atoms with Crippen molar-refractivity contribution in [3.8, 4) is 0 Å². The third kappa shape index (κ3) is 10.0. The van der Waals surface area contributed by atoms with E-state index < -0.39 is 72.8 Å². The van der Waals surface area contributed by atoms with Gasteiger partial charge in [-0.3, -0.25) is 28.8 Å². The molecule has 0 aromatic heterocycles. The predicted octanol–water partition coefficient (Wildman–Crippen LogP) is -4.39. The number of aliphatic hydroxyl groups is 1. The summed E-state index contributed by atoms with van der Waals surface area (Å²) in [6, 6.07) is -5.81. The number of aliphatic carboxylic acids is 2. The number of primary amides is 1. The molecular weight excluding hydrogens is 394 g/mol. The second-order valence-corrected chi connectivity index (χ2v) is 6.08. The van der Waals surface area contributed by atoms with Crippen LogP contribution in [0.25, 0.3) is 0 Å². The van der Waals surface area contributed by atoms with Crippen molar-refractivity contribution in [2.24, 2.45) is 11.5 Å². The van der Waals surface area contributed by atoms with Gasteiger partial charge in [-0.25, -0.2) is 0 Å². The average molecular weight is 419 g/mol. The summed E-state index contributed by atoms with van der Waals surface area (Å²) < 4.78 is 0. The largest absolute Gasteiger partial charge is 0.481 e. The zero-order valence-corrected chi connectivity index (χ0v) is 15.6. The molecule has 0 aliphatic carbocycles. The third-order valence-corrected chi connectivity index (χ3v) is 3.59. The number of carbonyl (C=O) groups is 6. The summed E-state index contributed by atoms with van der Waals surface area (Å²) in [5, 5.41) is 33.1. The maximum Gasteiger partial charge on any atom is 0.325 e. The molecule has 0 saturated carbocycles. The number of hydrogen-bond donors (Lipinski definition) is 8. The fraction of sp³-hybridized carbons (Fsp3) is 0.600. The average Bonchev–Trinajstić information content (AvgIpc) is 2.62. The van der Waals surface area contributed by atoms with Gasteiger partial charge in [0.25, 0.3) is 0 Å². The Bertz CT molecular complexity index is 654. The van der Waals surface area contributed by atoms with E-state index in [2.05, 4.69) is 5.32 Å². The minimum Gasteiger partial charge on any atom is -0.481 e. The van der Waals surface area contributed by atoms with Crippen LogP contribution in [0.1, 0.15) is 26.2 Å². The molecule has 0 aliphatic rings. The number of aliphatic hydroxyl groups excluding tert-OH is 1. The van der Waals surface area contributed by atoms with Crippen molar-refractivity contribution in [3.63, 3.8) is 0 Å². The Morgan fingerprint density at radius 2 is 1.41 bits per heavy atom. The third-order valence-electron chi connectivity index (χ3n) is 3.59. The first-order valence-electron chi connectivity index (χ1n) is 8.39. The normalized spacial score (nSPS) is 14.6. The molecule has 0 aromatic rings. The smallest absolute Gasteiger partial charge is 0.325 e. The van der Waals surface area contributed by atoms with Gasteiger partial charge in [0.05, 0.1) is 19.1 Å². The van der Waals surface area contributed by atoms with E-state index in [1.54, 1.807) is 0 Å². The molecule has 0 spiro atoms. The van der Waals surface area contributed by atoms with Gasteiger partial charge in [0.2, 0.25) is 23.6 Å². The van der Waals surface area contributed by atoms with Crippen molar-refractivity contribution < 1.29 is 44.1 Å². The van der Waals surface area contributed by atoms with Crippen molar-refractivity contribution in [1.29, 1.82) is 0 Å². The zero-order chi connectivity index (χ0) is 22.7. The highest BCUT2D eigenvalue weighted by molar-refractivity contribution is 5.95. The monoisotopic (exact) mass is 419 g/mol.